The zero-order valence-electron chi connectivity index (χ0n) is 11.5. The number of halogens is 2. The SMILES string of the molecule is CN1CCN(n2c(CCCl)nc3ccc(F)cc32)CC1. The molecule has 1 aromatic carbocycles. The van der Waals surface area contributed by atoms with E-state index < -0.39 is 0 Å². The van der Waals surface area contributed by atoms with Crippen LogP contribution < -0.4 is 5.01 Å². The van der Waals surface area contributed by atoms with E-state index in [4.69, 9.17) is 11.6 Å². The van der Waals surface area contributed by atoms with Crippen LogP contribution in [0.3, 0.4) is 0 Å². The Morgan fingerprint density at radius 1 is 1.25 bits per heavy atom. The van der Waals surface area contributed by atoms with Crippen molar-refractivity contribution in [1.29, 1.82) is 0 Å². The molecule has 20 heavy (non-hydrogen) atoms. The highest BCUT2D eigenvalue weighted by atomic mass is 35.5. The third-order valence-corrected chi connectivity index (χ3v) is 3.93. The molecule has 2 aromatic rings. The minimum Gasteiger partial charge on any atom is -0.308 e. The highest BCUT2D eigenvalue weighted by molar-refractivity contribution is 6.17. The molecule has 0 radical (unpaired) electrons. The molecule has 0 N–H and O–H groups in total. The summed E-state index contributed by atoms with van der Waals surface area (Å²) in [4.78, 5) is 6.88. The van der Waals surface area contributed by atoms with Crippen molar-refractivity contribution in [3.05, 3.63) is 29.8 Å². The molecule has 0 saturated carbocycles. The molecule has 4 nitrogen and oxygen atoms in total. The number of fused-ring (bicyclic) bond motifs is 1. The number of hydrogen-bond acceptors (Lipinski definition) is 3. The Morgan fingerprint density at radius 3 is 2.70 bits per heavy atom. The number of aryl methyl sites for hydroxylation is 1. The number of hydrogen-bond donors (Lipinski definition) is 0. The number of rotatable bonds is 3. The monoisotopic (exact) mass is 296 g/mol. The van der Waals surface area contributed by atoms with Crippen molar-refractivity contribution in [3.63, 3.8) is 0 Å². The summed E-state index contributed by atoms with van der Waals surface area (Å²) in [6.07, 6.45) is 0.685. The molecule has 0 unspecified atom stereocenters. The average Bonchev–Trinajstić information content (AvgIpc) is 2.78. The van der Waals surface area contributed by atoms with E-state index in [1.165, 1.54) is 6.07 Å². The van der Waals surface area contributed by atoms with E-state index in [-0.39, 0.29) is 5.82 Å². The molecule has 1 fully saturated rings. The first-order valence-corrected chi connectivity index (χ1v) is 7.39. The van der Waals surface area contributed by atoms with Crippen LogP contribution in [0, 0.1) is 5.82 Å². The smallest absolute Gasteiger partial charge is 0.130 e. The summed E-state index contributed by atoms with van der Waals surface area (Å²) < 4.78 is 15.6. The Bertz CT molecular complexity index is 604. The molecule has 3 rings (SSSR count). The normalized spacial score (nSPS) is 17.1. The summed E-state index contributed by atoms with van der Waals surface area (Å²) in [6.45, 7) is 3.81. The molecule has 1 saturated heterocycles. The van der Waals surface area contributed by atoms with E-state index in [0.717, 1.165) is 43.0 Å². The van der Waals surface area contributed by atoms with Crippen LogP contribution in [-0.2, 0) is 6.42 Å². The summed E-state index contributed by atoms with van der Waals surface area (Å²) in [5.74, 6) is 1.19. The molecular weight excluding hydrogens is 279 g/mol. The summed E-state index contributed by atoms with van der Waals surface area (Å²) in [7, 11) is 2.11. The predicted molar refractivity (Wildman–Crippen MR) is 79.6 cm³/mol. The second-order valence-corrected chi connectivity index (χ2v) is 5.55. The summed E-state index contributed by atoms with van der Waals surface area (Å²) in [5, 5.41) is 2.23. The Hall–Kier alpha value is -1.33. The van der Waals surface area contributed by atoms with Crippen molar-refractivity contribution in [2.24, 2.45) is 0 Å². The van der Waals surface area contributed by atoms with Crippen LogP contribution in [0.5, 0.6) is 0 Å². The van der Waals surface area contributed by atoms with Crippen LogP contribution in [0.2, 0.25) is 0 Å². The minimum absolute atomic E-state index is 0.231. The molecular formula is C14H18ClFN4. The predicted octanol–water partition coefficient (Wildman–Crippen LogP) is 1.84. The van der Waals surface area contributed by atoms with Crippen LogP contribution in [0.1, 0.15) is 5.82 Å². The maximum Gasteiger partial charge on any atom is 0.130 e. The first-order chi connectivity index (χ1) is 9.69. The molecule has 0 atom stereocenters. The number of nitrogens with zero attached hydrogens (tertiary/aromatic N) is 4. The van der Waals surface area contributed by atoms with Crippen molar-refractivity contribution in [2.75, 3.05) is 44.1 Å². The van der Waals surface area contributed by atoms with E-state index in [9.17, 15) is 4.39 Å². The second kappa shape index (κ2) is 5.58. The van der Waals surface area contributed by atoms with Gasteiger partial charge in [0.15, 0.2) is 0 Å². The molecule has 0 spiro atoms. The molecule has 1 aliphatic rings. The Balaban J connectivity index is 2.05. The Labute approximate surface area is 122 Å². The summed E-state index contributed by atoms with van der Waals surface area (Å²) >= 11 is 5.87. The van der Waals surface area contributed by atoms with Crippen molar-refractivity contribution < 1.29 is 4.39 Å². The molecule has 2 heterocycles. The van der Waals surface area contributed by atoms with Gasteiger partial charge in [0, 0.05) is 44.5 Å². The lowest BCUT2D eigenvalue weighted by molar-refractivity contribution is 0.287. The lowest BCUT2D eigenvalue weighted by Gasteiger charge is -2.35. The van der Waals surface area contributed by atoms with Gasteiger partial charge in [0.2, 0.25) is 0 Å². The maximum absolute atomic E-state index is 13.5. The number of piperazine rings is 1. The van der Waals surface area contributed by atoms with Gasteiger partial charge in [-0.1, -0.05) is 0 Å². The first-order valence-electron chi connectivity index (χ1n) is 6.85. The fraction of sp³-hybridized carbons (Fsp3) is 0.500. The Morgan fingerprint density at radius 2 is 2.00 bits per heavy atom. The molecule has 108 valence electrons. The van der Waals surface area contributed by atoms with Crippen LogP contribution in [0.4, 0.5) is 4.39 Å². The molecule has 1 aliphatic heterocycles. The van der Waals surface area contributed by atoms with E-state index in [1.54, 1.807) is 12.1 Å². The number of alkyl halides is 1. The first kappa shape index (κ1) is 13.6. The van der Waals surface area contributed by atoms with Gasteiger partial charge in [0.25, 0.3) is 0 Å². The van der Waals surface area contributed by atoms with Crippen molar-refractivity contribution in [1.82, 2.24) is 14.6 Å². The van der Waals surface area contributed by atoms with Gasteiger partial charge in [0.05, 0.1) is 11.0 Å². The summed E-state index contributed by atoms with van der Waals surface area (Å²) in [6, 6.07) is 4.74. The molecule has 6 heteroatoms. The van der Waals surface area contributed by atoms with E-state index >= 15 is 0 Å². The van der Waals surface area contributed by atoms with E-state index in [1.807, 2.05) is 4.68 Å². The van der Waals surface area contributed by atoms with E-state index in [2.05, 4.69) is 21.9 Å². The van der Waals surface area contributed by atoms with Gasteiger partial charge in [-0.3, -0.25) is 0 Å². The van der Waals surface area contributed by atoms with Crippen molar-refractivity contribution in [3.8, 4) is 0 Å². The zero-order chi connectivity index (χ0) is 14.1. The van der Waals surface area contributed by atoms with Crippen molar-refractivity contribution >= 4 is 22.6 Å². The van der Waals surface area contributed by atoms with Gasteiger partial charge in [-0.05, 0) is 19.2 Å². The highest BCUT2D eigenvalue weighted by Crippen LogP contribution is 2.19. The third kappa shape index (κ3) is 2.47. The highest BCUT2D eigenvalue weighted by Gasteiger charge is 2.20. The number of aromatic nitrogens is 2. The lowest BCUT2D eigenvalue weighted by atomic mass is 10.3. The van der Waals surface area contributed by atoms with Crippen LogP contribution in [-0.4, -0.2) is 53.7 Å². The van der Waals surface area contributed by atoms with E-state index in [0.29, 0.717) is 12.3 Å². The van der Waals surface area contributed by atoms with Crippen LogP contribution in [0.15, 0.2) is 18.2 Å². The molecule has 0 aliphatic carbocycles. The van der Waals surface area contributed by atoms with Crippen molar-refractivity contribution in [2.45, 2.75) is 6.42 Å². The number of benzene rings is 1. The zero-order valence-corrected chi connectivity index (χ0v) is 12.3. The maximum atomic E-state index is 13.5. The fourth-order valence-corrected chi connectivity index (χ4v) is 2.81. The fourth-order valence-electron chi connectivity index (χ4n) is 2.64. The standard InChI is InChI=1S/C14H18ClFN4/c1-18-6-8-19(9-7-18)20-13-10-11(16)2-3-12(13)17-14(20)4-5-15/h2-3,10H,4-9H2,1H3. The Kier molecular flexibility index (Phi) is 3.81. The lowest BCUT2D eigenvalue weighted by Crippen LogP contribution is -2.50. The van der Waals surface area contributed by atoms with Gasteiger partial charge in [-0.2, -0.15) is 0 Å². The van der Waals surface area contributed by atoms with Gasteiger partial charge >= 0.3 is 0 Å². The molecule has 1 aromatic heterocycles. The third-order valence-electron chi connectivity index (χ3n) is 3.74. The van der Waals surface area contributed by atoms with Crippen LogP contribution in [0.25, 0.3) is 11.0 Å². The van der Waals surface area contributed by atoms with Gasteiger partial charge in [-0.15, -0.1) is 11.6 Å². The largest absolute Gasteiger partial charge is 0.308 e. The summed E-state index contributed by atoms with van der Waals surface area (Å²) in [5.41, 5.74) is 1.65. The second-order valence-electron chi connectivity index (χ2n) is 5.17. The molecule has 0 bridgehead atoms. The van der Waals surface area contributed by atoms with Crippen LogP contribution >= 0.6 is 11.6 Å². The average molecular weight is 297 g/mol. The van der Waals surface area contributed by atoms with Gasteiger partial charge in [-0.25, -0.2) is 14.1 Å². The minimum atomic E-state index is -0.231. The van der Waals surface area contributed by atoms with Gasteiger partial charge < -0.3 is 9.91 Å². The topological polar surface area (TPSA) is 24.3 Å². The molecule has 0 amide bonds. The number of likely N-dealkylation sites (N-methyl/N-ethyl adjacent to an activating group) is 1. The van der Waals surface area contributed by atoms with Gasteiger partial charge in [0.1, 0.15) is 11.6 Å². The number of imidazole rings is 1. The quantitative estimate of drug-likeness (QED) is 0.808.